The van der Waals surface area contributed by atoms with E-state index in [1.807, 2.05) is 24.3 Å². The maximum Gasteiger partial charge on any atom is 0.416 e. The van der Waals surface area contributed by atoms with Crippen molar-refractivity contribution in [1.29, 1.82) is 0 Å². The summed E-state index contributed by atoms with van der Waals surface area (Å²) in [5.41, 5.74) is 5.59. The molecule has 2 aliphatic heterocycles. The van der Waals surface area contributed by atoms with Crippen LogP contribution in [0.5, 0.6) is 0 Å². The molecule has 0 atom stereocenters. The molecule has 0 spiro atoms. The van der Waals surface area contributed by atoms with Crippen LogP contribution in [0.15, 0.2) is 72.8 Å². The predicted octanol–water partition coefficient (Wildman–Crippen LogP) is 6.18. The van der Waals surface area contributed by atoms with Gasteiger partial charge in [0.1, 0.15) is 0 Å². The maximum absolute atomic E-state index is 13.2. The molecule has 4 aromatic rings. The summed E-state index contributed by atoms with van der Waals surface area (Å²) in [5.74, 6) is -0.0398. The molecule has 8 heteroatoms. The number of nitrogens with one attached hydrogen (secondary N) is 2. The normalized spacial score (nSPS) is 17.0. The predicted molar refractivity (Wildman–Crippen MR) is 155 cm³/mol. The average molecular weight is 561 g/mol. The zero-order valence-electron chi connectivity index (χ0n) is 23.0. The van der Waals surface area contributed by atoms with Crippen LogP contribution in [0.3, 0.4) is 0 Å². The molecule has 3 heterocycles. The van der Waals surface area contributed by atoms with Crippen molar-refractivity contribution in [3.8, 4) is 0 Å². The lowest BCUT2D eigenvalue weighted by atomic mass is 10.0. The first kappa shape index (κ1) is 27.5. The second kappa shape index (κ2) is 11.7. The van der Waals surface area contributed by atoms with Crippen molar-refractivity contribution in [2.75, 3.05) is 26.2 Å². The summed E-state index contributed by atoms with van der Waals surface area (Å²) in [7, 11) is 0. The minimum Gasteiger partial charge on any atom is -0.358 e. The molecule has 1 fully saturated rings. The molecule has 5 nitrogen and oxygen atoms in total. The monoisotopic (exact) mass is 560 g/mol. The van der Waals surface area contributed by atoms with Gasteiger partial charge in [-0.1, -0.05) is 42.5 Å². The number of carbonyl (C=O) groups excluding carboxylic acids is 1. The van der Waals surface area contributed by atoms with E-state index in [0.29, 0.717) is 18.7 Å². The zero-order valence-corrected chi connectivity index (χ0v) is 23.0. The minimum atomic E-state index is -4.33. The van der Waals surface area contributed by atoms with Crippen LogP contribution in [0.1, 0.15) is 51.1 Å². The number of alkyl halides is 3. The Morgan fingerprint density at radius 2 is 1.66 bits per heavy atom. The molecule has 214 valence electrons. The van der Waals surface area contributed by atoms with Crippen molar-refractivity contribution in [3.05, 3.63) is 106 Å². The first-order valence-corrected chi connectivity index (χ1v) is 14.4. The number of piperidine rings is 1. The Balaban J connectivity index is 1.06. The Labute approximate surface area is 238 Å². The van der Waals surface area contributed by atoms with Crippen LogP contribution in [-0.2, 0) is 32.1 Å². The second-order valence-electron chi connectivity index (χ2n) is 11.3. The summed E-state index contributed by atoms with van der Waals surface area (Å²) in [6.45, 7) is 5.08. The molecule has 41 heavy (non-hydrogen) atoms. The zero-order chi connectivity index (χ0) is 28.4. The average Bonchev–Trinajstić information content (AvgIpc) is 3.34. The summed E-state index contributed by atoms with van der Waals surface area (Å²) >= 11 is 0. The summed E-state index contributed by atoms with van der Waals surface area (Å²) in [6, 6.07) is 22.0. The number of rotatable bonds is 7. The van der Waals surface area contributed by atoms with Crippen molar-refractivity contribution in [3.63, 3.8) is 0 Å². The van der Waals surface area contributed by atoms with E-state index < -0.39 is 11.7 Å². The van der Waals surface area contributed by atoms with Gasteiger partial charge in [-0.15, -0.1) is 0 Å². The number of hydrogen-bond donors (Lipinski definition) is 2. The fourth-order valence-corrected chi connectivity index (χ4v) is 6.11. The molecular formula is C33H35F3N4O. The first-order valence-electron chi connectivity index (χ1n) is 14.4. The van der Waals surface area contributed by atoms with Gasteiger partial charge in [0.2, 0.25) is 0 Å². The summed E-state index contributed by atoms with van der Waals surface area (Å²) in [4.78, 5) is 21.5. The van der Waals surface area contributed by atoms with Crippen molar-refractivity contribution >= 4 is 16.8 Å². The van der Waals surface area contributed by atoms with E-state index in [9.17, 15) is 18.0 Å². The van der Waals surface area contributed by atoms with Crippen LogP contribution < -0.4 is 5.32 Å². The highest BCUT2D eigenvalue weighted by Crippen LogP contribution is 2.31. The minimum absolute atomic E-state index is 0.0398. The van der Waals surface area contributed by atoms with E-state index in [2.05, 4.69) is 44.4 Å². The molecule has 2 N–H and O–H groups in total. The highest BCUT2D eigenvalue weighted by atomic mass is 19.4. The van der Waals surface area contributed by atoms with Gasteiger partial charge in [0.05, 0.1) is 5.56 Å². The molecule has 0 radical (unpaired) electrons. The van der Waals surface area contributed by atoms with E-state index >= 15 is 0 Å². The molecule has 0 unspecified atom stereocenters. The maximum atomic E-state index is 13.2. The van der Waals surface area contributed by atoms with Gasteiger partial charge in [0, 0.05) is 73.9 Å². The molecule has 6 rings (SSSR count). The number of nitrogens with zero attached hydrogens (tertiary/aromatic N) is 2. The molecule has 1 aromatic heterocycles. The fourth-order valence-electron chi connectivity index (χ4n) is 6.11. The van der Waals surface area contributed by atoms with Gasteiger partial charge in [-0.25, -0.2) is 0 Å². The van der Waals surface area contributed by atoms with E-state index in [1.54, 1.807) is 12.1 Å². The lowest BCUT2D eigenvalue weighted by molar-refractivity contribution is -0.137. The van der Waals surface area contributed by atoms with Gasteiger partial charge >= 0.3 is 6.18 Å². The Morgan fingerprint density at radius 3 is 2.39 bits per heavy atom. The molecule has 1 amide bonds. The third-order valence-corrected chi connectivity index (χ3v) is 8.49. The van der Waals surface area contributed by atoms with Gasteiger partial charge in [-0.3, -0.25) is 9.69 Å². The van der Waals surface area contributed by atoms with Gasteiger partial charge < -0.3 is 15.2 Å². The van der Waals surface area contributed by atoms with E-state index in [4.69, 9.17) is 0 Å². The van der Waals surface area contributed by atoms with Crippen LogP contribution >= 0.6 is 0 Å². The van der Waals surface area contributed by atoms with Crippen molar-refractivity contribution in [2.45, 2.75) is 51.0 Å². The van der Waals surface area contributed by atoms with Gasteiger partial charge in [-0.2, -0.15) is 13.2 Å². The molecule has 2 aliphatic rings. The Kier molecular flexibility index (Phi) is 7.86. The highest BCUT2D eigenvalue weighted by molar-refractivity contribution is 5.99. The lowest BCUT2D eigenvalue weighted by Crippen LogP contribution is -2.45. The van der Waals surface area contributed by atoms with Gasteiger partial charge in [0.15, 0.2) is 0 Å². The van der Waals surface area contributed by atoms with E-state index in [1.165, 1.54) is 16.8 Å². The quantitative estimate of drug-likeness (QED) is 0.284. The highest BCUT2D eigenvalue weighted by Gasteiger charge is 2.30. The second-order valence-corrected chi connectivity index (χ2v) is 11.3. The number of fused-ring (bicyclic) bond motifs is 3. The van der Waals surface area contributed by atoms with Crippen LogP contribution in [-0.4, -0.2) is 52.9 Å². The largest absolute Gasteiger partial charge is 0.416 e. The van der Waals surface area contributed by atoms with E-state index in [0.717, 1.165) is 80.5 Å². The first-order chi connectivity index (χ1) is 19.8. The fraction of sp³-hybridized carbons (Fsp3) is 0.364. The Hall–Kier alpha value is -3.62. The number of halogens is 3. The smallest absolute Gasteiger partial charge is 0.358 e. The number of aromatic amines is 1. The van der Waals surface area contributed by atoms with Crippen LogP contribution in [0.4, 0.5) is 13.2 Å². The molecule has 1 saturated heterocycles. The third kappa shape index (κ3) is 6.49. The lowest BCUT2D eigenvalue weighted by Gasteiger charge is -2.32. The number of hydrogen-bond acceptors (Lipinski definition) is 3. The number of benzene rings is 3. The molecule has 0 saturated carbocycles. The number of aromatic nitrogens is 1. The Bertz CT molecular complexity index is 1490. The van der Waals surface area contributed by atoms with E-state index in [-0.39, 0.29) is 11.9 Å². The Morgan fingerprint density at radius 1 is 0.902 bits per heavy atom. The number of H-pyrrole nitrogens is 1. The number of likely N-dealkylation sites (tertiary alicyclic amines) is 1. The molecule has 0 bridgehead atoms. The topological polar surface area (TPSA) is 51.4 Å². The van der Waals surface area contributed by atoms with Gasteiger partial charge in [0.25, 0.3) is 5.91 Å². The van der Waals surface area contributed by atoms with Crippen LogP contribution in [0, 0.1) is 0 Å². The molecule has 3 aromatic carbocycles. The standard InChI is InChI=1S/C33H35F3N4O/c34-33(35,36)26-9-6-24(7-10-26)21-40-19-15-31-29(22-40)28-20-25(8-11-30(28)38-31)32(41)37-27-13-17-39(18-14-27)16-12-23-4-2-1-3-5-23/h1-11,20,27,38H,12-19,21-22H2,(H,37,41). The molecular weight excluding hydrogens is 525 g/mol. The van der Waals surface area contributed by atoms with Crippen LogP contribution in [0.2, 0.25) is 0 Å². The molecule has 0 aliphatic carbocycles. The third-order valence-electron chi connectivity index (χ3n) is 8.49. The van der Waals surface area contributed by atoms with Crippen molar-refractivity contribution in [1.82, 2.24) is 20.1 Å². The SMILES string of the molecule is O=C(NC1CCN(CCc2ccccc2)CC1)c1ccc2[nH]c3c(c2c1)CN(Cc1ccc(C(F)(F)F)cc1)CC3. The number of amides is 1. The van der Waals surface area contributed by atoms with Crippen molar-refractivity contribution < 1.29 is 18.0 Å². The number of carbonyl (C=O) groups is 1. The summed E-state index contributed by atoms with van der Waals surface area (Å²) in [6.07, 6.45) is -0.565. The summed E-state index contributed by atoms with van der Waals surface area (Å²) in [5, 5.41) is 4.30. The van der Waals surface area contributed by atoms with Crippen molar-refractivity contribution in [2.24, 2.45) is 0 Å². The van der Waals surface area contributed by atoms with Gasteiger partial charge in [-0.05, 0) is 66.3 Å². The summed E-state index contributed by atoms with van der Waals surface area (Å²) < 4.78 is 38.8. The van der Waals surface area contributed by atoms with Crippen LogP contribution in [0.25, 0.3) is 10.9 Å².